The summed E-state index contributed by atoms with van der Waals surface area (Å²) in [6, 6.07) is 16.6. The average molecular weight is 450 g/mol. The van der Waals surface area contributed by atoms with Crippen molar-refractivity contribution in [3.8, 4) is 5.75 Å². The van der Waals surface area contributed by atoms with E-state index in [4.69, 9.17) is 14.5 Å². The highest BCUT2D eigenvalue weighted by Gasteiger charge is 2.23. The standard InChI is InChI=1S/C27H35N3O3/c1-3-20(2)21-11-13-22(14-12-21)32-19-7-17-30-24-9-5-4-8-23(24)29-26(30)15-16-28-27(31)25-10-6-18-33-25/h4-5,8-9,11-14,20,25H,3,6-7,10,15-19H2,1-2H3,(H,28,31). The van der Waals surface area contributed by atoms with E-state index < -0.39 is 0 Å². The lowest BCUT2D eigenvalue weighted by Crippen LogP contribution is -2.35. The summed E-state index contributed by atoms with van der Waals surface area (Å²) in [4.78, 5) is 17.1. The number of nitrogens with one attached hydrogen (secondary N) is 1. The topological polar surface area (TPSA) is 65.4 Å². The van der Waals surface area contributed by atoms with E-state index in [1.165, 1.54) is 5.56 Å². The number of aromatic nitrogens is 2. The molecule has 1 saturated heterocycles. The largest absolute Gasteiger partial charge is 0.494 e. The van der Waals surface area contributed by atoms with Crippen molar-refractivity contribution in [3.05, 3.63) is 59.9 Å². The first kappa shape index (κ1) is 23.3. The zero-order valence-electron chi connectivity index (χ0n) is 19.8. The predicted molar refractivity (Wildman–Crippen MR) is 131 cm³/mol. The number of nitrogens with zero attached hydrogens (tertiary/aromatic N) is 2. The van der Waals surface area contributed by atoms with Crippen LogP contribution in [0.3, 0.4) is 0 Å². The number of carbonyl (C=O) groups excluding carboxylic acids is 1. The number of benzene rings is 2. The number of ether oxygens (including phenoxy) is 2. The molecule has 1 aliphatic rings. The molecule has 2 unspecified atom stereocenters. The third-order valence-corrected chi connectivity index (χ3v) is 6.46. The van der Waals surface area contributed by atoms with Crippen LogP contribution in [0.1, 0.15) is 56.8 Å². The maximum absolute atomic E-state index is 12.2. The summed E-state index contributed by atoms with van der Waals surface area (Å²) in [6.45, 7) is 7.15. The molecule has 2 aromatic carbocycles. The fourth-order valence-corrected chi connectivity index (χ4v) is 4.30. The number of rotatable bonds is 11. The molecule has 0 saturated carbocycles. The van der Waals surface area contributed by atoms with E-state index in [1.807, 2.05) is 18.2 Å². The van der Waals surface area contributed by atoms with E-state index in [2.05, 4.69) is 54.1 Å². The molecule has 4 rings (SSSR count). The third kappa shape index (κ3) is 5.93. The van der Waals surface area contributed by atoms with Gasteiger partial charge < -0.3 is 19.4 Å². The van der Waals surface area contributed by atoms with Gasteiger partial charge in [-0.2, -0.15) is 0 Å². The summed E-state index contributed by atoms with van der Waals surface area (Å²) in [5.41, 5.74) is 3.46. The zero-order valence-corrected chi connectivity index (χ0v) is 19.8. The van der Waals surface area contributed by atoms with E-state index >= 15 is 0 Å². The number of fused-ring (bicyclic) bond motifs is 1. The maximum atomic E-state index is 12.2. The average Bonchev–Trinajstić information content (AvgIpc) is 3.50. The monoisotopic (exact) mass is 449 g/mol. The van der Waals surface area contributed by atoms with Crippen LogP contribution in [0.25, 0.3) is 11.0 Å². The molecule has 33 heavy (non-hydrogen) atoms. The number of imidazole rings is 1. The summed E-state index contributed by atoms with van der Waals surface area (Å²) >= 11 is 0. The van der Waals surface area contributed by atoms with Crippen molar-refractivity contribution in [1.82, 2.24) is 14.9 Å². The molecule has 2 heterocycles. The van der Waals surface area contributed by atoms with E-state index in [1.54, 1.807) is 0 Å². The molecule has 0 spiro atoms. The van der Waals surface area contributed by atoms with Crippen LogP contribution in [0, 0.1) is 0 Å². The van der Waals surface area contributed by atoms with Crippen molar-refractivity contribution in [2.24, 2.45) is 0 Å². The number of amides is 1. The van der Waals surface area contributed by atoms with Gasteiger partial charge in [0.2, 0.25) is 5.91 Å². The Kier molecular flexibility index (Phi) is 8.00. The van der Waals surface area contributed by atoms with Gasteiger partial charge in [0.1, 0.15) is 17.7 Å². The Hall–Kier alpha value is -2.86. The highest BCUT2D eigenvalue weighted by molar-refractivity contribution is 5.81. The van der Waals surface area contributed by atoms with Gasteiger partial charge in [0, 0.05) is 26.1 Å². The SMILES string of the molecule is CCC(C)c1ccc(OCCCn2c(CCNC(=O)C3CCCO3)nc3ccccc32)cc1. The summed E-state index contributed by atoms with van der Waals surface area (Å²) in [7, 11) is 0. The summed E-state index contributed by atoms with van der Waals surface area (Å²) in [5, 5.41) is 3.01. The van der Waals surface area contributed by atoms with E-state index in [0.717, 1.165) is 54.8 Å². The molecule has 176 valence electrons. The van der Waals surface area contributed by atoms with Crippen molar-refractivity contribution < 1.29 is 14.3 Å². The minimum Gasteiger partial charge on any atom is -0.494 e. The van der Waals surface area contributed by atoms with Crippen LogP contribution >= 0.6 is 0 Å². The van der Waals surface area contributed by atoms with Crippen LogP contribution in [0.2, 0.25) is 0 Å². The summed E-state index contributed by atoms with van der Waals surface area (Å²) < 4.78 is 13.7. The molecule has 1 fully saturated rings. The Morgan fingerprint density at radius 2 is 2.06 bits per heavy atom. The van der Waals surface area contributed by atoms with Gasteiger partial charge in [-0.15, -0.1) is 0 Å². The van der Waals surface area contributed by atoms with Crippen molar-refractivity contribution in [2.45, 2.75) is 64.5 Å². The Morgan fingerprint density at radius 3 is 2.82 bits per heavy atom. The highest BCUT2D eigenvalue weighted by atomic mass is 16.5. The van der Waals surface area contributed by atoms with Gasteiger partial charge in [0.25, 0.3) is 0 Å². The second kappa shape index (κ2) is 11.3. The van der Waals surface area contributed by atoms with E-state index in [0.29, 0.717) is 32.1 Å². The molecule has 2 atom stereocenters. The van der Waals surface area contributed by atoms with Gasteiger partial charge in [-0.05, 0) is 61.4 Å². The molecule has 3 aromatic rings. The lowest BCUT2D eigenvalue weighted by molar-refractivity contribution is -0.130. The zero-order chi connectivity index (χ0) is 23.0. The van der Waals surface area contributed by atoms with Crippen molar-refractivity contribution in [2.75, 3.05) is 19.8 Å². The molecule has 0 bridgehead atoms. The fourth-order valence-electron chi connectivity index (χ4n) is 4.30. The smallest absolute Gasteiger partial charge is 0.249 e. The minimum atomic E-state index is -0.291. The second-order valence-corrected chi connectivity index (χ2v) is 8.79. The minimum absolute atomic E-state index is 0.0112. The molecule has 1 aliphatic heterocycles. The van der Waals surface area contributed by atoms with Crippen LogP contribution < -0.4 is 10.1 Å². The first-order chi connectivity index (χ1) is 16.2. The van der Waals surface area contributed by atoms with Crippen LogP contribution in [0.4, 0.5) is 0 Å². The number of hydrogen-bond acceptors (Lipinski definition) is 4. The molecule has 0 aliphatic carbocycles. The van der Waals surface area contributed by atoms with Gasteiger partial charge in [-0.25, -0.2) is 4.98 Å². The fraction of sp³-hybridized carbons (Fsp3) is 0.481. The molecule has 0 radical (unpaired) electrons. The van der Waals surface area contributed by atoms with Crippen molar-refractivity contribution in [1.29, 1.82) is 0 Å². The van der Waals surface area contributed by atoms with Crippen molar-refractivity contribution in [3.63, 3.8) is 0 Å². The molecular formula is C27H35N3O3. The van der Waals surface area contributed by atoms with Crippen LogP contribution in [0.15, 0.2) is 48.5 Å². The maximum Gasteiger partial charge on any atom is 0.249 e. The van der Waals surface area contributed by atoms with Crippen LogP contribution in [0.5, 0.6) is 5.75 Å². The first-order valence-corrected chi connectivity index (χ1v) is 12.2. The molecule has 1 N–H and O–H groups in total. The molecule has 6 nitrogen and oxygen atoms in total. The Labute approximate surface area is 196 Å². The summed E-state index contributed by atoms with van der Waals surface area (Å²) in [5.74, 6) is 2.46. The second-order valence-electron chi connectivity index (χ2n) is 8.79. The molecule has 1 aromatic heterocycles. The highest BCUT2D eigenvalue weighted by Crippen LogP contribution is 2.22. The number of hydrogen-bond donors (Lipinski definition) is 1. The number of para-hydroxylation sites is 2. The summed E-state index contributed by atoms with van der Waals surface area (Å²) in [6.07, 6.45) is 4.18. The lowest BCUT2D eigenvalue weighted by atomic mass is 9.99. The molecular weight excluding hydrogens is 414 g/mol. The van der Waals surface area contributed by atoms with Crippen molar-refractivity contribution >= 4 is 16.9 Å². The van der Waals surface area contributed by atoms with Crippen LogP contribution in [-0.2, 0) is 22.5 Å². The Morgan fingerprint density at radius 1 is 1.24 bits per heavy atom. The van der Waals surface area contributed by atoms with Gasteiger partial charge in [-0.1, -0.05) is 38.1 Å². The lowest BCUT2D eigenvalue weighted by Gasteiger charge is -2.13. The predicted octanol–water partition coefficient (Wildman–Crippen LogP) is 4.86. The quantitative estimate of drug-likeness (QED) is 0.425. The number of carbonyl (C=O) groups is 1. The van der Waals surface area contributed by atoms with Crippen LogP contribution in [-0.4, -0.2) is 41.3 Å². The van der Waals surface area contributed by atoms with E-state index in [9.17, 15) is 4.79 Å². The van der Waals surface area contributed by atoms with Gasteiger partial charge in [0.15, 0.2) is 0 Å². The molecule has 6 heteroatoms. The first-order valence-electron chi connectivity index (χ1n) is 12.2. The van der Waals surface area contributed by atoms with Gasteiger partial charge in [0.05, 0.1) is 17.6 Å². The molecule has 1 amide bonds. The normalized spacial score (nSPS) is 16.7. The Balaban J connectivity index is 1.32. The van der Waals surface area contributed by atoms with Gasteiger partial charge in [-0.3, -0.25) is 4.79 Å². The Bertz CT molecular complexity index is 1040. The number of aryl methyl sites for hydroxylation is 1. The third-order valence-electron chi connectivity index (χ3n) is 6.46. The van der Waals surface area contributed by atoms with E-state index in [-0.39, 0.29) is 12.0 Å². The van der Waals surface area contributed by atoms with Gasteiger partial charge >= 0.3 is 0 Å².